The van der Waals surface area contributed by atoms with Crippen molar-refractivity contribution in [3.05, 3.63) is 63.6 Å². The summed E-state index contributed by atoms with van der Waals surface area (Å²) < 4.78 is 60.4. The normalized spacial score (nSPS) is 16.3. The Bertz CT molecular complexity index is 1210. The molecular weight excluding hydrogens is 432 g/mol. The van der Waals surface area contributed by atoms with Crippen LogP contribution >= 0.6 is 0 Å². The highest BCUT2D eigenvalue weighted by molar-refractivity contribution is 5.88. The molecule has 0 saturated carbocycles. The second-order valence-electron chi connectivity index (χ2n) is 7.53. The van der Waals surface area contributed by atoms with Gasteiger partial charge >= 0.3 is 6.18 Å². The Hall–Kier alpha value is -3.05. The molecule has 0 amide bonds. The van der Waals surface area contributed by atoms with E-state index in [-0.39, 0.29) is 23.2 Å². The van der Waals surface area contributed by atoms with Crippen molar-refractivity contribution in [1.82, 2.24) is 14.5 Å². The number of hydrogen-bond acceptors (Lipinski definition) is 6. The summed E-state index contributed by atoms with van der Waals surface area (Å²) in [6.07, 6.45) is -3.90. The number of aliphatic hydroxyl groups excluding tert-OH is 1. The highest BCUT2D eigenvalue weighted by Crippen LogP contribution is 2.34. The molecule has 1 unspecified atom stereocenters. The number of fused-ring (bicyclic) bond motifs is 1. The third-order valence-corrected chi connectivity index (χ3v) is 5.36. The number of nitrogens with zero attached hydrogens (tertiary/aromatic N) is 3. The Morgan fingerprint density at radius 3 is 2.66 bits per heavy atom. The number of aromatic nitrogens is 3. The van der Waals surface area contributed by atoms with Crippen molar-refractivity contribution in [2.45, 2.75) is 38.2 Å². The van der Waals surface area contributed by atoms with E-state index in [0.29, 0.717) is 43.0 Å². The molecule has 1 fully saturated rings. The zero-order valence-corrected chi connectivity index (χ0v) is 17.0. The number of benzene rings is 1. The van der Waals surface area contributed by atoms with Gasteiger partial charge < -0.3 is 19.7 Å². The fraction of sp³-hybridized carbons (Fsp3) is 0.381. The molecule has 0 spiro atoms. The summed E-state index contributed by atoms with van der Waals surface area (Å²) in [6.45, 7) is 2.59. The smallest absolute Gasteiger partial charge is 0.381 e. The van der Waals surface area contributed by atoms with Crippen LogP contribution in [0.25, 0.3) is 10.9 Å². The molecule has 0 radical (unpaired) electrons. The second-order valence-corrected chi connectivity index (χ2v) is 7.53. The maximum atomic E-state index is 14.5. The fourth-order valence-electron chi connectivity index (χ4n) is 3.78. The van der Waals surface area contributed by atoms with Crippen LogP contribution < -0.4 is 10.9 Å². The average Bonchev–Trinajstić information content (AvgIpc) is 2.73. The Labute approximate surface area is 179 Å². The van der Waals surface area contributed by atoms with E-state index in [1.807, 2.05) is 0 Å². The van der Waals surface area contributed by atoms with Crippen molar-refractivity contribution < 1.29 is 27.4 Å². The predicted molar refractivity (Wildman–Crippen MR) is 108 cm³/mol. The first-order valence-electron chi connectivity index (χ1n) is 9.93. The topological polar surface area (TPSA) is 89.3 Å². The summed E-state index contributed by atoms with van der Waals surface area (Å²) in [4.78, 5) is 21.1. The third-order valence-electron chi connectivity index (χ3n) is 5.36. The van der Waals surface area contributed by atoms with E-state index in [2.05, 4.69) is 15.3 Å². The number of aliphatic hydroxyl groups is 1. The highest BCUT2D eigenvalue weighted by atomic mass is 19.4. The highest BCUT2D eigenvalue weighted by Gasteiger charge is 2.35. The molecule has 1 aromatic carbocycles. The minimum absolute atomic E-state index is 0.0672. The first-order valence-corrected chi connectivity index (χ1v) is 9.93. The molecule has 0 bridgehead atoms. The molecule has 1 aliphatic heterocycles. The first-order chi connectivity index (χ1) is 15.1. The molecule has 32 heavy (non-hydrogen) atoms. The molecule has 1 aliphatic rings. The van der Waals surface area contributed by atoms with E-state index >= 15 is 0 Å². The van der Waals surface area contributed by atoms with E-state index in [1.165, 1.54) is 10.6 Å². The minimum Gasteiger partial charge on any atom is -0.381 e. The van der Waals surface area contributed by atoms with Crippen molar-refractivity contribution in [2.75, 3.05) is 18.5 Å². The Morgan fingerprint density at radius 2 is 1.97 bits per heavy atom. The summed E-state index contributed by atoms with van der Waals surface area (Å²) >= 11 is 0. The van der Waals surface area contributed by atoms with Crippen molar-refractivity contribution in [3.8, 4) is 0 Å². The molecule has 1 saturated heterocycles. The van der Waals surface area contributed by atoms with E-state index in [1.54, 1.807) is 13.1 Å². The number of ether oxygens (including phenoxy) is 1. The Balaban J connectivity index is 1.75. The third kappa shape index (κ3) is 4.30. The van der Waals surface area contributed by atoms with Crippen LogP contribution in [0.2, 0.25) is 0 Å². The molecule has 7 nitrogen and oxygen atoms in total. The van der Waals surface area contributed by atoms with Crippen LogP contribution in [0.5, 0.6) is 0 Å². The van der Waals surface area contributed by atoms with E-state index in [4.69, 9.17) is 4.74 Å². The SMILES string of the molecule is Cc1nc(NC(O)c2cccc(C(F)(F)F)c2F)c2cn(C3CCOCC3)c(=O)cc2n1. The van der Waals surface area contributed by atoms with Crippen LogP contribution in [0.15, 0.2) is 35.3 Å². The maximum Gasteiger partial charge on any atom is 0.419 e. The van der Waals surface area contributed by atoms with Gasteiger partial charge in [0, 0.05) is 37.1 Å². The van der Waals surface area contributed by atoms with Gasteiger partial charge in [0.15, 0.2) is 6.23 Å². The number of aryl methyl sites for hydroxylation is 1. The van der Waals surface area contributed by atoms with Gasteiger partial charge in [0.05, 0.1) is 16.5 Å². The van der Waals surface area contributed by atoms with E-state index in [9.17, 15) is 27.5 Å². The van der Waals surface area contributed by atoms with Crippen LogP contribution in [0, 0.1) is 12.7 Å². The molecule has 11 heteroatoms. The van der Waals surface area contributed by atoms with Crippen molar-refractivity contribution in [3.63, 3.8) is 0 Å². The van der Waals surface area contributed by atoms with Crippen LogP contribution in [-0.2, 0) is 10.9 Å². The van der Waals surface area contributed by atoms with Gasteiger partial charge in [-0.2, -0.15) is 13.2 Å². The number of rotatable bonds is 4. The van der Waals surface area contributed by atoms with Crippen LogP contribution in [0.1, 0.15) is 42.1 Å². The number of nitrogens with one attached hydrogen (secondary N) is 1. The van der Waals surface area contributed by atoms with Gasteiger partial charge in [-0.25, -0.2) is 14.4 Å². The second kappa shape index (κ2) is 8.47. The number of pyridine rings is 1. The van der Waals surface area contributed by atoms with Crippen LogP contribution in [0.3, 0.4) is 0 Å². The lowest BCUT2D eigenvalue weighted by atomic mass is 10.1. The molecule has 170 valence electrons. The van der Waals surface area contributed by atoms with Gasteiger partial charge in [-0.1, -0.05) is 12.1 Å². The van der Waals surface area contributed by atoms with Crippen LogP contribution in [0.4, 0.5) is 23.4 Å². The fourth-order valence-corrected chi connectivity index (χ4v) is 3.78. The lowest BCUT2D eigenvalue weighted by Crippen LogP contribution is -2.28. The number of halogens is 4. The standard InChI is InChI=1S/C21H20F4N4O3/c1-11-26-16-9-17(30)29(12-5-7-32-8-6-12)10-14(16)19(27-11)28-20(31)13-3-2-4-15(18(13)22)21(23,24)25/h2-4,9-10,12,20,31H,5-8H2,1H3,(H,26,27,28). The van der Waals surface area contributed by atoms with Gasteiger partial charge in [-0.3, -0.25) is 4.79 Å². The Morgan fingerprint density at radius 1 is 1.25 bits per heavy atom. The molecule has 2 N–H and O–H groups in total. The van der Waals surface area contributed by atoms with Gasteiger partial charge in [0.25, 0.3) is 5.56 Å². The number of alkyl halides is 3. The van der Waals surface area contributed by atoms with Gasteiger partial charge in [-0.05, 0) is 25.8 Å². The number of hydrogen-bond donors (Lipinski definition) is 2. The van der Waals surface area contributed by atoms with Gasteiger partial charge in [-0.15, -0.1) is 0 Å². The monoisotopic (exact) mass is 452 g/mol. The van der Waals surface area contributed by atoms with E-state index < -0.39 is 29.3 Å². The number of anilines is 1. The molecule has 3 aromatic rings. The predicted octanol–water partition coefficient (Wildman–Crippen LogP) is 3.71. The quantitative estimate of drug-likeness (QED) is 0.464. The summed E-state index contributed by atoms with van der Waals surface area (Å²) in [7, 11) is 0. The van der Waals surface area contributed by atoms with Crippen molar-refractivity contribution in [1.29, 1.82) is 0 Å². The summed E-state index contributed by atoms with van der Waals surface area (Å²) in [5.41, 5.74) is -2.03. The zero-order valence-electron chi connectivity index (χ0n) is 17.0. The molecule has 4 rings (SSSR count). The first kappa shape index (κ1) is 22.2. The van der Waals surface area contributed by atoms with Gasteiger partial charge in [0.1, 0.15) is 17.5 Å². The lowest BCUT2D eigenvalue weighted by Gasteiger charge is -2.25. The van der Waals surface area contributed by atoms with Crippen molar-refractivity contribution >= 4 is 16.7 Å². The molecule has 0 aliphatic carbocycles. The summed E-state index contributed by atoms with van der Waals surface area (Å²) in [5, 5.41) is 13.4. The molecule has 2 aromatic heterocycles. The zero-order chi connectivity index (χ0) is 23.0. The average molecular weight is 452 g/mol. The minimum atomic E-state index is -4.90. The van der Waals surface area contributed by atoms with E-state index in [0.717, 1.165) is 12.1 Å². The molecular formula is C21H20F4N4O3. The van der Waals surface area contributed by atoms with Crippen LogP contribution in [-0.4, -0.2) is 32.9 Å². The largest absolute Gasteiger partial charge is 0.419 e. The Kier molecular flexibility index (Phi) is 5.87. The molecule has 3 heterocycles. The maximum absolute atomic E-state index is 14.5. The molecule has 1 atom stereocenters. The van der Waals surface area contributed by atoms with Crippen molar-refractivity contribution in [2.24, 2.45) is 0 Å². The van der Waals surface area contributed by atoms with Gasteiger partial charge in [0.2, 0.25) is 0 Å². The summed E-state index contributed by atoms with van der Waals surface area (Å²) in [6, 6.07) is 3.90. The lowest BCUT2D eigenvalue weighted by molar-refractivity contribution is -0.140. The summed E-state index contributed by atoms with van der Waals surface area (Å²) in [5.74, 6) is -1.24.